The monoisotopic (exact) mass is 278 g/mol. The molecule has 0 aromatic carbocycles. The maximum Gasteiger partial charge on any atom is 0.414 e. The highest BCUT2D eigenvalue weighted by atomic mass is 16.6. The zero-order valence-electron chi connectivity index (χ0n) is 13.2. The molecule has 4 heteroatoms. The predicted molar refractivity (Wildman–Crippen MR) is 79.8 cm³/mol. The van der Waals surface area contributed by atoms with E-state index in [9.17, 15) is 4.79 Å². The average Bonchev–Trinajstić information content (AvgIpc) is 2.25. The molecule has 0 saturated carbocycles. The van der Waals surface area contributed by atoms with Gasteiger partial charge in [0.2, 0.25) is 0 Å². The van der Waals surface area contributed by atoms with Crippen LogP contribution in [0.1, 0.15) is 47.5 Å². The summed E-state index contributed by atoms with van der Waals surface area (Å²) in [5, 5.41) is 0. The van der Waals surface area contributed by atoms with E-state index in [0.29, 0.717) is 12.5 Å². The van der Waals surface area contributed by atoms with Crippen molar-refractivity contribution in [3.8, 4) is 0 Å². The minimum Gasteiger partial charge on any atom is -0.443 e. The van der Waals surface area contributed by atoms with Crippen molar-refractivity contribution in [2.45, 2.75) is 53.1 Å². The topological polar surface area (TPSA) is 55.6 Å². The number of rotatable bonds is 0. The highest BCUT2D eigenvalue weighted by Gasteiger charge is 2.42. The molecule has 1 atom stereocenters. The van der Waals surface area contributed by atoms with Gasteiger partial charge in [-0.1, -0.05) is 19.9 Å². The highest BCUT2D eigenvalue weighted by molar-refractivity contribution is 5.71. The average molecular weight is 278 g/mol. The molecule has 1 aliphatic heterocycles. The van der Waals surface area contributed by atoms with Crippen LogP contribution in [0.15, 0.2) is 23.5 Å². The van der Waals surface area contributed by atoms with Crippen LogP contribution in [0.4, 0.5) is 4.79 Å². The van der Waals surface area contributed by atoms with Crippen molar-refractivity contribution >= 4 is 6.09 Å². The van der Waals surface area contributed by atoms with Crippen LogP contribution in [-0.2, 0) is 4.74 Å². The maximum atomic E-state index is 12.4. The first kappa shape index (κ1) is 14.9. The summed E-state index contributed by atoms with van der Waals surface area (Å²) in [6.45, 7) is 10.9. The quantitative estimate of drug-likeness (QED) is 0.739. The molecule has 4 nitrogen and oxygen atoms in total. The van der Waals surface area contributed by atoms with E-state index in [2.05, 4.69) is 19.9 Å². The summed E-state index contributed by atoms with van der Waals surface area (Å²) in [6.07, 6.45) is 5.58. The summed E-state index contributed by atoms with van der Waals surface area (Å²) in [4.78, 5) is 14.2. The van der Waals surface area contributed by atoms with Gasteiger partial charge in [0.15, 0.2) is 0 Å². The van der Waals surface area contributed by atoms with Crippen LogP contribution in [-0.4, -0.2) is 23.1 Å². The Morgan fingerprint density at radius 3 is 2.70 bits per heavy atom. The number of ether oxygens (including phenoxy) is 1. The summed E-state index contributed by atoms with van der Waals surface area (Å²) in [5.74, 6) is 0.330. The zero-order chi connectivity index (χ0) is 15.1. The molecule has 1 saturated heterocycles. The fraction of sp³-hybridized carbons (Fsp3) is 0.688. The Morgan fingerprint density at radius 2 is 2.10 bits per heavy atom. The molecular weight excluding hydrogens is 252 g/mol. The molecule has 1 aliphatic carbocycles. The Kier molecular flexibility index (Phi) is 3.61. The standard InChI is InChI=1S/C16H26N2O2/c1-15(2,3)20-14(19)18-9-8-16(4,5)12-7-6-11(17)10-13(12)18/h6,10,12H,7-9,17H2,1-5H3. The third-order valence-electron chi connectivity index (χ3n) is 4.11. The van der Waals surface area contributed by atoms with Gasteiger partial charge in [0.1, 0.15) is 5.60 Å². The molecule has 0 bridgehead atoms. The van der Waals surface area contributed by atoms with Gasteiger partial charge in [0.05, 0.1) is 0 Å². The zero-order valence-corrected chi connectivity index (χ0v) is 13.2. The largest absolute Gasteiger partial charge is 0.443 e. The number of likely N-dealkylation sites (tertiary alicyclic amines) is 1. The van der Waals surface area contributed by atoms with Crippen molar-refractivity contribution in [1.29, 1.82) is 0 Å². The van der Waals surface area contributed by atoms with Crippen LogP contribution >= 0.6 is 0 Å². The molecule has 0 spiro atoms. The van der Waals surface area contributed by atoms with E-state index in [0.717, 1.165) is 24.2 Å². The van der Waals surface area contributed by atoms with Crippen molar-refractivity contribution in [3.63, 3.8) is 0 Å². The Labute approximate surface area is 121 Å². The number of hydrogen-bond donors (Lipinski definition) is 1. The number of fused-ring (bicyclic) bond motifs is 1. The SMILES string of the molecule is CC(C)(C)OC(=O)N1CCC(C)(C)C2CC=C(N)C=C21. The fourth-order valence-corrected chi connectivity index (χ4v) is 2.91. The molecule has 2 N–H and O–H groups in total. The number of piperidine rings is 1. The molecule has 1 unspecified atom stereocenters. The van der Waals surface area contributed by atoms with Crippen molar-refractivity contribution in [2.75, 3.05) is 6.54 Å². The van der Waals surface area contributed by atoms with Crippen LogP contribution in [0.2, 0.25) is 0 Å². The van der Waals surface area contributed by atoms with Gasteiger partial charge in [0.25, 0.3) is 0 Å². The number of nitrogens with two attached hydrogens (primary N) is 1. The Morgan fingerprint density at radius 1 is 1.45 bits per heavy atom. The molecule has 0 radical (unpaired) electrons. The summed E-state index contributed by atoms with van der Waals surface area (Å²) >= 11 is 0. The molecule has 1 fully saturated rings. The molecule has 1 heterocycles. The van der Waals surface area contributed by atoms with Crippen LogP contribution in [0, 0.1) is 11.3 Å². The molecule has 0 aromatic heterocycles. The first-order valence-electron chi connectivity index (χ1n) is 7.28. The van der Waals surface area contributed by atoms with E-state index in [1.54, 1.807) is 4.90 Å². The van der Waals surface area contributed by atoms with Crippen LogP contribution in [0.3, 0.4) is 0 Å². The molecule has 1 amide bonds. The van der Waals surface area contributed by atoms with E-state index in [-0.39, 0.29) is 11.5 Å². The summed E-state index contributed by atoms with van der Waals surface area (Å²) in [7, 11) is 0. The van der Waals surface area contributed by atoms with Gasteiger partial charge in [0, 0.05) is 23.9 Å². The second-order valence-corrected chi connectivity index (χ2v) is 7.43. The van der Waals surface area contributed by atoms with Gasteiger partial charge in [-0.05, 0) is 45.1 Å². The lowest BCUT2D eigenvalue weighted by Crippen LogP contribution is -2.47. The number of carbonyl (C=O) groups excluding carboxylic acids is 1. The van der Waals surface area contributed by atoms with Gasteiger partial charge in [-0.25, -0.2) is 4.79 Å². The van der Waals surface area contributed by atoms with Crippen LogP contribution in [0.5, 0.6) is 0 Å². The fourth-order valence-electron chi connectivity index (χ4n) is 2.91. The molecule has 20 heavy (non-hydrogen) atoms. The normalized spacial score (nSPS) is 25.4. The van der Waals surface area contributed by atoms with E-state index in [1.807, 2.05) is 26.8 Å². The van der Waals surface area contributed by atoms with E-state index in [4.69, 9.17) is 10.5 Å². The molecule has 2 aliphatic rings. The summed E-state index contributed by atoms with van der Waals surface area (Å²) < 4.78 is 5.52. The number of nitrogens with zero attached hydrogens (tertiary/aromatic N) is 1. The van der Waals surface area contributed by atoms with Gasteiger partial charge < -0.3 is 10.5 Å². The predicted octanol–water partition coefficient (Wildman–Crippen LogP) is 3.40. The number of carbonyl (C=O) groups is 1. The lowest BCUT2D eigenvalue weighted by atomic mass is 9.68. The van der Waals surface area contributed by atoms with Crippen molar-refractivity contribution in [1.82, 2.24) is 4.90 Å². The smallest absolute Gasteiger partial charge is 0.414 e. The highest BCUT2D eigenvalue weighted by Crippen LogP contribution is 2.45. The van der Waals surface area contributed by atoms with Gasteiger partial charge in [-0.15, -0.1) is 0 Å². The summed E-state index contributed by atoms with van der Waals surface area (Å²) in [6, 6.07) is 0. The van der Waals surface area contributed by atoms with Crippen molar-refractivity contribution in [3.05, 3.63) is 23.5 Å². The van der Waals surface area contributed by atoms with E-state index < -0.39 is 5.60 Å². The first-order chi connectivity index (χ1) is 9.10. The van der Waals surface area contributed by atoms with E-state index in [1.165, 1.54) is 0 Å². The van der Waals surface area contributed by atoms with Crippen LogP contribution in [0.25, 0.3) is 0 Å². The third-order valence-corrected chi connectivity index (χ3v) is 4.11. The number of allylic oxidation sites excluding steroid dienone is 3. The molecule has 0 aromatic rings. The molecular formula is C16H26N2O2. The van der Waals surface area contributed by atoms with Gasteiger partial charge >= 0.3 is 6.09 Å². The Bertz CT molecular complexity index is 469. The Balaban J connectivity index is 2.27. The van der Waals surface area contributed by atoms with E-state index >= 15 is 0 Å². The van der Waals surface area contributed by atoms with Crippen molar-refractivity contribution in [2.24, 2.45) is 17.1 Å². The first-order valence-corrected chi connectivity index (χ1v) is 7.28. The second-order valence-electron chi connectivity index (χ2n) is 7.43. The minimum atomic E-state index is -0.476. The van der Waals surface area contributed by atoms with Crippen LogP contribution < -0.4 is 5.73 Å². The third kappa shape index (κ3) is 3.00. The number of amides is 1. The number of hydrogen-bond acceptors (Lipinski definition) is 3. The lowest BCUT2D eigenvalue weighted by molar-refractivity contribution is 0.0152. The molecule has 112 valence electrons. The maximum absolute atomic E-state index is 12.4. The second kappa shape index (κ2) is 4.83. The van der Waals surface area contributed by atoms with Gasteiger partial charge in [-0.3, -0.25) is 4.90 Å². The minimum absolute atomic E-state index is 0.182. The Hall–Kier alpha value is -1.45. The van der Waals surface area contributed by atoms with Crippen molar-refractivity contribution < 1.29 is 9.53 Å². The lowest BCUT2D eigenvalue weighted by Gasteiger charge is -2.46. The summed E-state index contributed by atoms with van der Waals surface area (Å²) in [5.41, 5.74) is 7.38. The van der Waals surface area contributed by atoms with Gasteiger partial charge in [-0.2, -0.15) is 0 Å². The molecule has 2 rings (SSSR count).